The largest absolute Gasteiger partial charge is 0.462 e. The van der Waals surface area contributed by atoms with Crippen LogP contribution in [0.4, 0.5) is 0 Å². The zero-order valence-corrected chi connectivity index (χ0v) is 16.1. The molecule has 2 aromatic heterocycles. The molecular weight excluding hydrogens is 392 g/mol. The standard InChI is InChI=1S/C22H17ClN2O4/c1-12-16(11-28-22(12)27)21(26)15-9-25(18-7-6-13(23)8-14(15)18)10-20-24-17-4-2-3-5-19(17)29-20/h2-9,16,21,26H,1,10-11H2. The molecule has 1 saturated heterocycles. The van der Waals surface area contributed by atoms with Gasteiger partial charge in [0.15, 0.2) is 5.58 Å². The molecule has 29 heavy (non-hydrogen) atoms. The fraction of sp³-hybridized carbons (Fsp3) is 0.182. The molecule has 4 aromatic rings. The fourth-order valence-corrected chi connectivity index (χ4v) is 3.98. The first-order valence-electron chi connectivity index (χ1n) is 9.18. The lowest BCUT2D eigenvalue weighted by Crippen LogP contribution is -2.14. The monoisotopic (exact) mass is 408 g/mol. The number of oxazole rings is 1. The van der Waals surface area contributed by atoms with Gasteiger partial charge in [0.1, 0.15) is 12.1 Å². The maximum atomic E-state index is 11.7. The molecular formula is C22H17ClN2O4. The van der Waals surface area contributed by atoms with Crippen LogP contribution in [0.15, 0.2) is 65.2 Å². The third kappa shape index (κ3) is 3.01. The Hall–Kier alpha value is -3.09. The van der Waals surface area contributed by atoms with Gasteiger partial charge in [0.2, 0.25) is 5.89 Å². The van der Waals surface area contributed by atoms with Crippen LogP contribution in [-0.2, 0) is 16.1 Å². The molecule has 0 spiro atoms. The zero-order chi connectivity index (χ0) is 20.1. The van der Waals surface area contributed by atoms with Crippen LogP contribution in [0, 0.1) is 5.92 Å². The summed E-state index contributed by atoms with van der Waals surface area (Å²) in [6.07, 6.45) is 0.899. The van der Waals surface area contributed by atoms with Crippen LogP contribution in [0.1, 0.15) is 17.6 Å². The third-order valence-electron chi connectivity index (χ3n) is 5.32. The van der Waals surface area contributed by atoms with Gasteiger partial charge in [0, 0.05) is 33.3 Å². The molecule has 6 nitrogen and oxygen atoms in total. The van der Waals surface area contributed by atoms with Gasteiger partial charge in [-0.15, -0.1) is 0 Å². The number of carbonyl (C=O) groups excluding carboxylic acids is 1. The molecule has 5 rings (SSSR count). The second-order valence-electron chi connectivity index (χ2n) is 7.12. The minimum atomic E-state index is -0.945. The fourth-order valence-electron chi connectivity index (χ4n) is 3.81. The van der Waals surface area contributed by atoms with Crippen molar-refractivity contribution in [3.05, 3.63) is 77.3 Å². The van der Waals surface area contributed by atoms with E-state index in [1.54, 1.807) is 12.1 Å². The summed E-state index contributed by atoms with van der Waals surface area (Å²) in [7, 11) is 0. The number of rotatable bonds is 4. The summed E-state index contributed by atoms with van der Waals surface area (Å²) in [5.74, 6) is -0.407. The highest BCUT2D eigenvalue weighted by Gasteiger charge is 2.36. The topological polar surface area (TPSA) is 77.5 Å². The smallest absolute Gasteiger partial charge is 0.333 e. The van der Waals surface area contributed by atoms with Crippen molar-refractivity contribution in [2.24, 2.45) is 5.92 Å². The van der Waals surface area contributed by atoms with Crippen molar-refractivity contribution in [2.45, 2.75) is 12.6 Å². The predicted molar refractivity (Wildman–Crippen MR) is 109 cm³/mol. The summed E-state index contributed by atoms with van der Waals surface area (Å²) in [5, 5.41) is 12.4. The van der Waals surface area contributed by atoms with Crippen molar-refractivity contribution >= 4 is 39.6 Å². The third-order valence-corrected chi connectivity index (χ3v) is 5.56. The van der Waals surface area contributed by atoms with E-state index in [2.05, 4.69) is 11.6 Å². The number of hydrogen-bond acceptors (Lipinski definition) is 5. The molecule has 2 unspecified atom stereocenters. The van der Waals surface area contributed by atoms with Gasteiger partial charge in [0.25, 0.3) is 0 Å². The molecule has 7 heteroatoms. The summed E-state index contributed by atoms with van der Waals surface area (Å²) < 4.78 is 12.8. The van der Waals surface area contributed by atoms with Gasteiger partial charge in [-0.25, -0.2) is 9.78 Å². The normalized spacial score (nSPS) is 17.9. The van der Waals surface area contributed by atoms with Gasteiger partial charge in [0.05, 0.1) is 18.6 Å². The molecule has 1 aliphatic heterocycles. The molecule has 2 aromatic carbocycles. The van der Waals surface area contributed by atoms with Crippen LogP contribution in [0.25, 0.3) is 22.0 Å². The Balaban J connectivity index is 1.57. The van der Waals surface area contributed by atoms with E-state index >= 15 is 0 Å². The van der Waals surface area contributed by atoms with E-state index in [1.807, 2.05) is 41.1 Å². The van der Waals surface area contributed by atoms with E-state index in [1.165, 1.54) is 0 Å². The molecule has 0 bridgehead atoms. The SMILES string of the molecule is C=C1C(=O)OCC1C(O)c1cn(Cc2nc3ccccc3o2)c2ccc(Cl)cc12. The Morgan fingerprint density at radius 3 is 2.90 bits per heavy atom. The lowest BCUT2D eigenvalue weighted by molar-refractivity contribution is -0.135. The summed E-state index contributed by atoms with van der Waals surface area (Å²) in [4.78, 5) is 16.2. The number of esters is 1. The lowest BCUT2D eigenvalue weighted by atomic mass is 9.92. The first-order valence-corrected chi connectivity index (χ1v) is 9.56. The number of fused-ring (bicyclic) bond motifs is 2. The van der Waals surface area contributed by atoms with Gasteiger partial charge in [-0.05, 0) is 30.3 Å². The highest BCUT2D eigenvalue weighted by atomic mass is 35.5. The Labute approximate surface area is 171 Å². The maximum Gasteiger partial charge on any atom is 0.333 e. The number of halogens is 1. The second kappa shape index (κ2) is 6.76. The van der Waals surface area contributed by atoms with Gasteiger partial charge in [-0.3, -0.25) is 0 Å². The number of ether oxygens (including phenoxy) is 1. The summed E-state index contributed by atoms with van der Waals surface area (Å²) in [6.45, 7) is 4.27. The van der Waals surface area contributed by atoms with Crippen molar-refractivity contribution < 1.29 is 19.1 Å². The number of cyclic esters (lactones) is 1. The van der Waals surface area contributed by atoms with E-state index < -0.39 is 18.0 Å². The van der Waals surface area contributed by atoms with Crippen molar-refractivity contribution in [1.29, 1.82) is 0 Å². The first kappa shape index (κ1) is 18.0. The Bertz CT molecular complexity index is 1240. The quantitative estimate of drug-likeness (QED) is 0.403. The number of aliphatic hydroxyl groups excluding tert-OH is 1. The Morgan fingerprint density at radius 1 is 1.31 bits per heavy atom. The highest BCUT2D eigenvalue weighted by molar-refractivity contribution is 6.31. The molecule has 1 fully saturated rings. The predicted octanol–water partition coefficient (Wildman–Crippen LogP) is 4.25. The van der Waals surface area contributed by atoms with E-state index in [9.17, 15) is 9.90 Å². The summed E-state index contributed by atoms with van der Waals surface area (Å²) in [5.41, 5.74) is 3.32. The highest BCUT2D eigenvalue weighted by Crippen LogP contribution is 2.37. The Morgan fingerprint density at radius 2 is 2.14 bits per heavy atom. The molecule has 0 radical (unpaired) electrons. The number of benzene rings is 2. The first-order chi connectivity index (χ1) is 14.0. The second-order valence-corrected chi connectivity index (χ2v) is 7.56. The van der Waals surface area contributed by atoms with Crippen molar-refractivity contribution in [3.8, 4) is 0 Å². The van der Waals surface area contributed by atoms with Crippen molar-refractivity contribution in [1.82, 2.24) is 9.55 Å². The average Bonchev–Trinajstić information content (AvgIpc) is 3.37. The van der Waals surface area contributed by atoms with Gasteiger partial charge >= 0.3 is 5.97 Å². The van der Waals surface area contributed by atoms with E-state index in [-0.39, 0.29) is 12.2 Å². The van der Waals surface area contributed by atoms with Crippen LogP contribution >= 0.6 is 11.6 Å². The number of nitrogens with zero attached hydrogens (tertiary/aromatic N) is 2. The van der Waals surface area contributed by atoms with Gasteiger partial charge in [-0.1, -0.05) is 30.3 Å². The number of aliphatic hydroxyl groups is 1. The van der Waals surface area contributed by atoms with Crippen LogP contribution < -0.4 is 0 Å². The van der Waals surface area contributed by atoms with Crippen LogP contribution in [0.3, 0.4) is 0 Å². The van der Waals surface area contributed by atoms with E-state index in [0.29, 0.717) is 23.0 Å². The summed E-state index contributed by atoms with van der Waals surface area (Å²) >= 11 is 6.21. The molecule has 0 aliphatic carbocycles. The van der Waals surface area contributed by atoms with Gasteiger partial charge in [-0.2, -0.15) is 0 Å². The molecule has 0 saturated carbocycles. The lowest BCUT2D eigenvalue weighted by Gasteiger charge is -2.15. The molecule has 1 N–H and O–H groups in total. The molecule has 0 amide bonds. The Kier molecular flexibility index (Phi) is 4.19. The van der Waals surface area contributed by atoms with Crippen LogP contribution in [-0.4, -0.2) is 27.2 Å². The van der Waals surface area contributed by atoms with Crippen LogP contribution in [0.5, 0.6) is 0 Å². The summed E-state index contributed by atoms with van der Waals surface area (Å²) in [6, 6.07) is 13.1. The zero-order valence-electron chi connectivity index (χ0n) is 15.3. The van der Waals surface area contributed by atoms with Crippen molar-refractivity contribution in [2.75, 3.05) is 6.61 Å². The molecule has 1 aliphatic rings. The van der Waals surface area contributed by atoms with Crippen LogP contribution in [0.2, 0.25) is 5.02 Å². The molecule has 2 atom stereocenters. The number of aromatic nitrogens is 2. The minimum absolute atomic E-state index is 0.108. The molecule has 3 heterocycles. The van der Waals surface area contributed by atoms with E-state index in [0.717, 1.165) is 22.0 Å². The molecule has 146 valence electrons. The van der Waals surface area contributed by atoms with Crippen molar-refractivity contribution in [3.63, 3.8) is 0 Å². The van der Waals surface area contributed by atoms with Gasteiger partial charge < -0.3 is 18.8 Å². The minimum Gasteiger partial charge on any atom is -0.462 e. The number of carbonyl (C=O) groups is 1. The number of hydrogen-bond donors (Lipinski definition) is 1. The maximum absolute atomic E-state index is 11.7. The average molecular weight is 409 g/mol. The number of para-hydroxylation sites is 2. The van der Waals surface area contributed by atoms with E-state index in [4.69, 9.17) is 20.8 Å².